The van der Waals surface area contributed by atoms with E-state index in [1.54, 1.807) is 0 Å². The molecular weight excluding hydrogens is 312 g/mol. The number of carbonyl (C=O) groups excluding carboxylic acids is 2. The predicted molar refractivity (Wildman–Crippen MR) is 78.8 cm³/mol. The normalized spacial score (nSPS) is 10.0. The monoisotopic (exact) mass is 320 g/mol. The van der Waals surface area contributed by atoms with Crippen molar-refractivity contribution in [3.05, 3.63) is 62.9 Å². The molecule has 3 N–H and O–H groups in total. The van der Waals surface area contributed by atoms with Crippen molar-refractivity contribution in [3.8, 4) is 0 Å². The maximum absolute atomic E-state index is 12.0. The van der Waals surface area contributed by atoms with Crippen LogP contribution < -0.4 is 11.1 Å². The number of rotatable bonds is 4. The summed E-state index contributed by atoms with van der Waals surface area (Å²) in [6, 6.07) is 6.56. The van der Waals surface area contributed by atoms with Crippen LogP contribution in [0, 0.1) is 10.1 Å². The maximum Gasteiger partial charge on any atom is 0.289 e. The minimum absolute atomic E-state index is 0.0266. The van der Waals surface area contributed by atoms with Crippen LogP contribution in [-0.4, -0.2) is 21.7 Å². The van der Waals surface area contributed by atoms with E-state index in [4.69, 9.17) is 17.3 Å². The lowest BCUT2D eigenvalue weighted by Crippen LogP contribution is -2.15. The molecule has 22 heavy (non-hydrogen) atoms. The van der Waals surface area contributed by atoms with Gasteiger partial charge in [-0.1, -0.05) is 11.6 Å². The fourth-order valence-corrected chi connectivity index (χ4v) is 1.79. The van der Waals surface area contributed by atoms with Gasteiger partial charge in [0.05, 0.1) is 10.5 Å². The molecule has 8 nitrogen and oxygen atoms in total. The molecule has 1 heterocycles. The smallest absolute Gasteiger partial charge is 0.289 e. The molecule has 0 saturated carbocycles. The molecular formula is C13H9ClN4O4. The van der Waals surface area contributed by atoms with Gasteiger partial charge in [-0.25, -0.2) is 0 Å². The first-order chi connectivity index (χ1) is 10.4. The average molecular weight is 321 g/mol. The van der Waals surface area contributed by atoms with Gasteiger partial charge in [0.25, 0.3) is 17.5 Å². The molecule has 0 aliphatic carbocycles. The number of primary amides is 1. The Balaban J connectivity index is 2.20. The first-order valence-corrected chi connectivity index (χ1v) is 6.27. The third kappa shape index (κ3) is 3.36. The summed E-state index contributed by atoms with van der Waals surface area (Å²) >= 11 is 5.68. The number of nitrogens with zero attached hydrogens (tertiary/aromatic N) is 2. The van der Waals surface area contributed by atoms with Crippen LogP contribution in [0.5, 0.6) is 0 Å². The molecule has 2 aromatic rings. The fraction of sp³-hybridized carbons (Fsp3) is 0. The Morgan fingerprint density at radius 1 is 1.27 bits per heavy atom. The van der Waals surface area contributed by atoms with Gasteiger partial charge in [-0.05, 0) is 24.3 Å². The van der Waals surface area contributed by atoms with Gasteiger partial charge in [0, 0.05) is 18.0 Å². The van der Waals surface area contributed by atoms with Crippen LogP contribution >= 0.6 is 11.6 Å². The molecule has 0 aliphatic rings. The van der Waals surface area contributed by atoms with E-state index in [1.807, 2.05) is 0 Å². The van der Waals surface area contributed by atoms with Gasteiger partial charge in [0.15, 0.2) is 0 Å². The largest absolute Gasteiger partial charge is 0.364 e. The Morgan fingerprint density at radius 2 is 2.00 bits per heavy atom. The van der Waals surface area contributed by atoms with E-state index in [0.717, 1.165) is 6.07 Å². The number of nitro benzene ring substituents is 1. The number of aromatic nitrogens is 1. The van der Waals surface area contributed by atoms with Crippen molar-refractivity contribution in [2.24, 2.45) is 5.73 Å². The minimum Gasteiger partial charge on any atom is -0.364 e. The molecule has 0 saturated heterocycles. The number of benzene rings is 1. The number of nitrogens with two attached hydrogens (primary N) is 1. The maximum atomic E-state index is 12.0. The molecule has 0 bridgehead atoms. The highest BCUT2D eigenvalue weighted by Crippen LogP contribution is 2.27. The van der Waals surface area contributed by atoms with E-state index < -0.39 is 16.7 Å². The number of nitro groups is 1. The van der Waals surface area contributed by atoms with Gasteiger partial charge in [0.2, 0.25) is 0 Å². The molecule has 0 fully saturated rings. The minimum atomic E-state index is -0.708. The fourth-order valence-electron chi connectivity index (χ4n) is 1.61. The summed E-state index contributed by atoms with van der Waals surface area (Å²) in [6.45, 7) is 0. The second-order valence-electron chi connectivity index (χ2n) is 4.17. The van der Waals surface area contributed by atoms with Crippen molar-refractivity contribution in [3.63, 3.8) is 0 Å². The predicted octanol–water partition coefficient (Wildman–Crippen LogP) is 1.99. The van der Waals surface area contributed by atoms with Crippen LogP contribution in [0.15, 0.2) is 36.5 Å². The standard InChI is InChI=1S/C13H9ClN4O4/c14-9-3-2-8(5-11(9)18(21)22)17-13(20)7-1-4-10(12(15)19)16-6-7/h1-6H,(H2,15,19)(H,17,20). The lowest BCUT2D eigenvalue weighted by molar-refractivity contribution is -0.384. The summed E-state index contributed by atoms with van der Waals surface area (Å²) in [5, 5.41) is 13.2. The van der Waals surface area contributed by atoms with E-state index in [1.165, 1.54) is 30.5 Å². The number of amides is 2. The Labute approximate surface area is 129 Å². The number of hydrogen-bond donors (Lipinski definition) is 2. The summed E-state index contributed by atoms with van der Waals surface area (Å²) < 4.78 is 0. The van der Waals surface area contributed by atoms with E-state index in [2.05, 4.69) is 10.3 Å². The average Bonchev–Trinajstić information content (AvgIpc) is 2.49. The first kappa shape index (κ1) is 15.4. The Hall–Kier alpha value is -3.00. The quantitative estimate of drug-likeness (QED) is 0.657. The number of pyridine rings is 1. The van der Waals surface area contributed by atoms with Gasteiger partial charge in [-0.2, -0.15) is 0 Å². The van der Waals surface area contributed by atoms with Gasteiger partial charge in [-0.15, -0.1) is 0 Å². The number of carbonyl (C=O) groups is 2. The Bertz CT molecular complexity index is 761. The van der Waals surface area contributed by atoms with Crippen LogP contribution in [0.25, 0.3) is 0 Å². The van der Waals surface area contributed by atoms with Crippen molar-refractivity contribution < 1.29 is 14.5 Å². The second-order valence-corrected chi connectivity index (χ2v) is 4.58. The van der Waals surface area contributed by atoms with Crippen LogP contribution in [0.3, 0.4) is 0 Å². The number of hydrogen-bond acceptors (Lipinski definition) is 5. The zero-order chi connectivity index (χ0) is 16.3. The number of nitrogens with one attached hydrogen (secondary N) is 1. The topological polar surface area (TPSA) is 128 Å². The van der Waals surface area contributed by atoms with Crippen molar-refractivity contribution in [1.29, 1.82) is 0 Å². The number of anilines is 1. The lowest BCUT2D eigenvalue weighted by Gasteiger charge is -2.06. The van der Waals surface area contributed by atoms with Gasteiger partial charge >= 0.3 is 0 Å². The Morgan fingerprint density at radius 3 is 2.55 bits per heavy atom. The molecule has 0 spiro atoms. The van der Waals surface area contributed by atoms with Gasteiger partial charge in [-0.3, -0.25) is 24.7 Å². The summed E-state index contributed by atoms with van der Waals surface area (Å²) in [7, 11) is 0. The zero-order valence-electron chi connectivity index (χ0n) is 10.9. The number of halogens is 1. The van der Waals surface area contributed by atoms with Crippen LogP contribution in [0.4, 0.5) is 11.4 Å². The second kappa shape index (κ2) is 6.19. The molecule has 1 aromatic carbocycles. The lowest BCUT2D eigenvalue weighted by atomic mass is 10.2. The third-order valence-electron chi connectivity index (χ3n) is 2.68. The zero-order valence-corrected chi connectivity index (χ0v) is 11.7. The Kier molecular flexibility index (Phi) is 4.33. The summed E-state index contributed by atoms with van der Waals surface area (Å²) in [5.41, 5.74) is 5.13. The summed E-state index contributed by atoms with van der Waals surface area (Å²) in [5.74, 6) is -1.25. The van der Waals surface area contributed by atoms with Crippen molar-refractivity contribution >= 4 is 34.8 Å². The summed E-state index contributed by atoms with van der Waals surface area (Å²) in [6.07, 6.45) is 1.18. The van der Waals surface area contributed by atoms with Gasteiger partial charge < -0.3 is 11.1 Å². The molecule has 112 valence electrons. The van der Waals surface area contributed by atoms with Crippen molar-refractivity contribution in [1.82, 2.24) is 4.98 Å². The summed E-state index contributed by atoms with van der Waals surface area (Å²) in [4.78, 5) is 36.8. The molecule has 9 heteroatoms. The van der Waals surface area contributed by atoms with E-state index in [9.17, 15) is 19.7 Å². The van der Waals surface area contributed by atoms with E-state index >= 15 is 0 Å². The molecule has 0 atom stereocenters. The van der Waals surface area contributed by atoms with Crippen LogP contribution in [-0.2, 0) is 0 Å². The highest BCUT2D eigenvalue weighted by atomic mass is 35.5. The molecule has 0 radical (unpaired) electrons. The van der Waals surface area contributed by atoms with Crippen LogP contribution in [0.1, 0.15) is 20.8 Å². The highest BCUT2D eigenvalue weighted by Gasteiger charge is 2.15. The molecule has 1 aromatic heterocycles. The van der Waals surface area contributed by atoms with E-state index in [-0.39, 0.29) is 27.7 Å². The molecule has 2 amide bonds. The molecule has 2 rings (SSSR count). The van der Waals surface area contributed by atoms with Crippen molar-refractivity contribution in [2.45, 2.75) is 0 Å². The van der Waals surface area contributed by atoms with Crippen molar-refractivity contribution in [2.75, 3.05) is 5.32 Å². The molecule has 0 unspecified atom stereocenters. The van der Waals surface area contributed by atoms with Gasteiger partial charge in [0.1, 0.15) is 10.7 Å². The first-order valence-electron chi connectivity index (χ1n) is 5.89. The molecule has 0 aliphatic heterocycles. The SMILES string of the molecule is NC(=O)c1ccc(C(=O)Nc2ccc(Cl)c([N+](=O)[O-])c2)cn1. The third-order valence-corrected chi connectivity index (χ3v) is 3.00. The van der Waals surface area contributed by atoms with E-state index in [0.29, 0.717) is 0 Å². The highest BCUT2D eigenvalue weighted by molar-refractivity contribution is 6.32. The van der Waals surface area contributed by atoms with Crippen LogP contribution in [0.2, 0.25) is 5.02 Å².